The van der Waals surface area contributed by atoms with Gasteiger partial charge in [-0.2, -0.15) is 10.1 Å². The van der Waals surface area contributed by atoms with E-state index in [0.717, 1.165) is 5.69 Å². The zero-order valence-electron chi connectivity index (χ0n) is 11.1. The lowest BCUT2D eigenvalue weighted by molar-refractivity contribution is 0.101. The maximum absolute atomic E-state index is 11.2. The fourth-order valence-corrected chi connectivity index (χ4v) is 1.54. The highest BCUT2D eigenvalue weighted by atomic mass is 16.1. The Morgan fingerprint density at radius 1 is 1.35 bits per heavy atom. The van der Waals surface area contributed by atoms with Crippen LogP contribution in [0.15, 0.2) is 43.1 Å². The van der Waals surface area contributed by atoms with Crippen molar-refractivity contribution in [3.05, 3.63) is 48.7 Å². The molecule has 2 aromatic rings. The van der Waals surface area contributed by atoms with Crippen molar-refractivity contribution in [1.29, 1.82) is 0 Å². The van der Waals surface area contributed by atoms with E-state index in [2.05, 4.69) is 32.4 Å². The molecule has 0 atom stereocenters. The van der Waals surface area contributed by atoms with Gasteiger partial charge in [-0.25, -0.2) is 0 Å². The number of hydrogen-bond donors (Lipinski definition) is 2. The second-order valence-electron chi connectivity index (χ2n) is 4.09. The highest BCUT2D eigenvalue weighted by Gasteiger charge is 2.02. The number of Topliss-reactive ketones (excluding diaryl/α,β-unsaturated/α-hetero) is 1. The van der Waals surface area contributed by atoms with Crippen molar-refractivity contribution in [1.82, 2.24) is 15.2 Å². The molecule has 0 amide bonds. The van der Waals surface area contributed by atoms with Crippen LogP contribution in [0.5, 0.6) is 0 Å². The van der Waals surface area contributed by atoms with Crippen LogP contribution in [-0.2, 0) is 0 Å². The van der Waals surface area contributed by atoms with E-state index in [-0.39, 0.29) is 5.78 Å². The molecular weight excluding hydrogens is 254 g/mol. The summed E-state index contributed by atoms with van der Waals surface area (Å²) in [4.78, 5) is 15.4. The third-order valence-corrected chi connectivity index (χ3v) is 2.53. The molecule has 1 aromatic carbocycles. The van der Waals surface area contributed by atoms with Gasteiger partial charge in [-0.3, -0.25) is 4.79 Å². The summed E-state index contributed by atoms with van der Waals surface area (Å²) in [5.41, 5.74) is 1.45. The number of aromatic nitrogens is 3. The van der Waals surface area contributed by atoms with Crippen molar-refractivity contribution in [2.75, 3.05) is 17.2 Å². The molecule has 0 saturated carbocycles. The van der Waals surface area contributed by atoms with Crippen LogP contribution in [0, 0.1) is 0 Å². The predicted molar refractivity (Wildman–Crippen MR) is 78.2 cm³/mol. The number of rotatable bonds is 6. The molecule has 2 rings (SSSR count). The molecule has 0 radical (unpaired) electrons. The Hall–Kier alpha value is -2.76. The van der Waals surface area contributed by atoms with E-state index in [1.807, 2.05) is 0 Å². The molecule has 0 aliphatic carbocycles. The summed E-state index contributed by atoms with van der Waals surface area (Å²) in [7, 11) is 0. The first kappa shape index (κ1) is 13.7. The average Bonchev–Trinajstić information content (AvgIpc) is 2.46. The Kier molecular flexibility index (Phi) is 4.39. The van der Waals surface area contributed by atoms with Gasteiger partial charge < -0.3 is 10.6 Å². The van der Waals surface area contributed by atoms with Crippen LogP contribution in [0.4, 0.5) is 17.5 Å². The number of carbonyl (C=O) groups excluding carboxylic acids is 1. The minimum atomic E-state index is 0.0325. The predicted octanol–water partition coefficient (Wildman–Crippen LogP) is 2.42. The molecule has 1 aromatic heterocycles. The van der Waals surface area contributed by atoms with Crippen LogP contribution in [0.25, 0.3) is 0 Å². The molecule has 0 spiro atoms. The lowest BCUT2D eigenvalue weighted by Crippen LogP contribution is -2.05. The molecule has 0 saturated heterocycles. The first-order valence-electron chi connectivity index (χ1n) is 6.11. The summed E-state index contributed by atoms with van der Waals surface area (Å²) in [6.07, 6.45) is 3.27. The Balaban J connectivity index is 2.09. The lowest BCUT2D eigenvalue weighted by Gasteiger charge is -2.06. The quantitative estimate of drug-likeness (QED) is 0.619. The van der Waals surface area contributed by atoms with E-state index in [1.54, 1.807) is 30.3 Å². The van der Waals surface area contributed by atoms with Crippen molar-refractivity contribution in [2.24, 2.45) is 0 Å². The number of nitrogens with one attached hydrogen (secondary N) is 2. The largest absolute Gasteiger partial charge is 0.365 e. The molecule has 6 heteroatoms. The molecule has 1 heterocycles. The number of carbonyl (C=O) groups is 1. The van der Waals surface area contributed by atoms with Crippen molar-refractivity contribution < 1.29 is 4.79 Å². The van der Waals surface area contributed by atoms with Crippen molar-refractivity contribution in [3.8, 4) is 0 Å². The first-order valence-corrected chi connectivity index (χ1v) is 6.11. The lowest BCUT2D eigenvalue weighted by atomic mass is 10.1. The van der Waals surface area contributed by atoms with Crippen molar-refractivity contribution in [2.45, 2.75) is 6.92 Å². The Morgan fingerprint density at radius 3 is 2.75 bits per heavy atom. The summed E-state index contributed by atoms with van der Waals surface area (Å²) in [6.45, 7) is 5.75. The van der Waals surface area contributed by atoms with Gasteiger partial charge >= 0.3 is 0 Å². The van der Waals surface area contributed by atoms with Crippen molar-refractivity contribution in [3.63, 3.8) is 0 Å². The maximum atomic E-state index is 11.2. The molecular formula is C14H15N5O. The van der Waals surface area contributed by atoms with Gasteiger partial charge in [0.15, 0.2) is 11.6 Å². The minimum Gasteiger partial charge on any atom is -0.365 e. The standard InChI is InChI=1S/C14H15N5O/c1-3-8-15-13-9-16-19-14(18-13)17-12-6-4-11(5-7-12)10(2)20/h3-7,9H,1,8H2,2H3,(H2,15,17,18,19). The van der Waals surface area contributed by atoms with Gasteiger partial charge in [0.1, 0.15) is 0 Å². The van der Waals surface area contributed by atoms with Crippen LogP contribution in [0.1, 0.15) is 17.3 Å². The third-order valence-electron chi connectivity index (χ3n) is 2.53. The highest BCUT2D eigenvalue weighted by molar-refractivity contribution is 5.94. The van der Waals surface area contributed by atoms with Crippen LogP contribution in [0.3, 0.4) is 0 Å². The van der Waals surface area contributed by atoms with Gasteiger partial charge in [-0.05, 0) is 31.2 Å². The Labute approximate surface area is 117 Å². The summed E-state index contributed by atoms with van der Waals surface area (Å²) in [6, 6.07) is 7.09. The first-order chi connectivity index (χ1) is 9.69. The number of anilines is 3. The molecule has 0 unspecified atom stereocenters. The number of benzene rings is 1. The summed E-state index contributed by atoms with van der Waals surface area (Å²) in [5.74, 6) is 1.03. The number of hydrogen-bond acceptors (Lipinski definition) is 6. The SMILES string of the molecule is C=CCNc1cnnc(Nc2ccc(C(C)=O)cc2)n1. The van der Waals surface area contributed by atoms with Crippen LogP contribution in [-0.4, -0.2) is 27.5 Å². The normalized spacial score (nSPS) is 9.85. The monoisotopic (exact) mass is 269 g/mol. The highest BCUT2D eigenvalue weighted by Crippen LogP contribution is 2.14. The fraction of sp³-hybridized carbons (Fsp3) is 0.143. The number of ketones is 1. The molecule has 20 heavy (non-hydrogen) atoms. The van der Waals surface area contributed by atoms with Gasteiger partial charge in [-0.15, -0.1) is 11.7 Å². The summed E-state index contributed by atoms with van der Waals surface area (Å²) < 4.78 is 0. The maximum Gasteiger partial charge on any atom is 0.249 e. The second-order valence-corrected chi connectivity index (χ2v) is 4.09. The smallest absolute Gasteiger partial charge is 0.249 e. The molecule has 0 fully saturated rings. The second kappa shape index (κ2) is 6.42. The van der Waals surface area contributed by atoms with Crippen molar-refractivity contribution >= 4 is 23.2 Å². The van der Waals surface area contributed by atoms with Gasteiger partial charge in [-0.1, -0.05) is 6.08 Å². The third kappa shape index (κ3) is 3.61. The van der Waals surface area contributed by atoms with Gasteiger partial charge in [0.2, 0.25) is 5.95 Å². The van der Waals surface area contributed by atoms with Gasteiger partial charge in [0, 0.05) is 17.8 Å². The zero-order valence-corrected chi connectivity index (χ0v) is 11.1. The zero-order chi connectivity index (χ0) is 14.4. The number of nitrogens with zero attached hydrogens (tertiary/aromatic N) is 3. The van der Waals surface area contributed by atoms with Crippen LogP contribution >= 0.6 is 0 Å². The topological polar surface area (TPSA) is 79.8 Å². The minimum absolute atomic E-state index is 0.0325. The Morgan fingerprint density at radius 2 is 2.10 bits per heavy atom. The summed E-state index contributed by atoms with van der Waals surface area (Å²) >= 11 is 0. The van der Waals surface area contributed by atoms with E-state index in [9.17, 15) is 4.79 Å². The molecule has 2 N–H and O–H groups in total. The molecule has 102 valence electrons. The molecule has 6 nitrogen and oxygen atoms in total. The molecule has 0 aliphatic heterocycles. The molecule has 0 bridgehead atoms. The van der Waals surface area contributed by atoms with E-state index < -0.39 is 0 Å². The fourth-order valence-electron chi connectivity index (χ4n) is 1.54. The van der Waals surface area contributed by atoms with E-state index >= 15 is 0 Å². The summed E-state index contributed by atoms with van der Waals surface area (Å²) in [5, 5.41) is 13.8. The van der Waals surface area contributed by atoms with Crippen LogP contribution in [0.2, 0.25) is 0 Å². The van der Waals surface area contributed by atoms with Gasteiger partial charge in [0.05, 0.1) is 6.20 Å². The van der Waals surface area contributed by atoms with Crippen LogP contribution < -0.4 is 10.6 Å². The van der Waals surface area contributed by atoms with E-state index in [0.29, 0.717) is 23.9 Å². The van der Waals surface area contributed by atoms with Gasteiger partial charge in [0.25, 0.3) is 0 Å². The average molecular weight is 269 g/mol. The molecule has 0 aliphatic rings. The van der Waals surface area contributed by atoms with E-state index in [4.69, 9.17) is 0 Å². The Bertz CT molecular complexity index is 609. The van der Waals surface area contributed by atoms with E-state index in [1.165, 1.54) is 13.1 Å².